The smallest absolute Gasteiger partial charge is 0.0897 e. The van der Waals surface area contributed by atoms with Crippen molar-refractivity contribution in [3.63, 3.8) is 0 Å². The lowest BCUT2D eigenvalue weighted by Crippen LogP contribution is -2.36. The zero-order chi connectivity index (χ0) is 11.8. The van der Waals surface area contributed by atoms with E-state index in [1.165, 1.54) is 31.4 Å². The number of hydrogen-bond donors (Lipinski definition) is 2. The van der Waals surface area contributed by atoms with Gasteiger partial charge >= 0.3 is 0 Å². The van der Waals surface area contributed by atoms with Crippen molar-refractivity contribution in [2.45, 2.75) is 58.4 Å². The van der Waals surface area contributed by atoms with Crippen LogP contribution in [0, 0.1) is 6.92 Å². The van der Waals surface area contributed by atoms with E-state index in [-0.39, 0.29) is 0 Å². The van der Waals surface area contributed by atoms with Gasteiger partial charge in [0.25, 0.3) is 0 Å². The Balaban J connectivity index is 2.26. The molecule has 0 bridgehead atoms. The van der Waals surface area contributed by atoms with Crippen LogP contribution in [0.1, 0.15) is 49.7 Å². The van der Waals surface area contributed by atoms with Crippen LogP contribution in [0.3, 0.4) is 0 Å². The van der Waals surface area contributed by atoms with E-state index in [1.54, 1.807) is 11.3 Å². The van der Waals surface area contributed by atoms with Crippen LogP contribution in [0.2, 0.25) is 0 Å². The van der Waals surface area contributed by atoms with Gasteiger partial charge in [-0.1, -0.05) is 32.6 Å². The molecule has 0 radical (unpaired) electrons. The van der Waals surface area contributed by atoms with Crippen molar-refractivity contribution in [1.29, 1.82) is 0 Å². The fourth-order valence-electron chi connectivity index (χ4n) is 1.82. The summed E-state index contributed by atoms with van der Waals surface area (Å²) < 4.78 is 0. The number of hydrazine groups is 1. The zero-order valence-corrected chi connectivity index (χ0v) is 11.1. The number of aromatic nitrogens is 1. The van der Waals surface area contributed by atoms with Crippen molar-refractivity contribution in [1.82, 2.24) is 10.4 Å². The second-order valence-corrected chi connectivity index (χ2v) is 5.34. The molecule has 0 fully saturated rings. The van der Waals surface area contributed by atoms with Gasteiger partial charge in [0, 0.05) is 17.8 Å². The molecular formula is C12H23N3S. The normalized spacial score (nSPS) is 12.9. The Morgan fingerprint density at radius 2 is 2.25 bits per heavy atom. The van der Waals surface area contributed by atoms with Gasteiger partial charge < -0.3 is 0 Å². The first-order valence-corrected chi connectivity index (χ1v) is 7.01. The van der Waals surface area contributed by atoms with Gasteiger partial charge in [0.05, 0.1) is 10.7 Å². The molecule has 3 nitrogen and oxygen atoms in total. The summed E-state index contributed by atoms with van der Waals surface area (Å²) in [6.45, 7) is 4.27. The minimum Gasteiger partial charge on any atom is -0.271 e. The third-order valence-electron chi connectivity index (χ3n) is 2.76. The lowest BCUT2D eigenvalue weighted by atomic mass is 10.0. The fraction of sp³-hybridized carbons (Fsp3) is 0.750. The van der Waals surface area contributed by atoms with Crippen LogP contribution in [0.5, 0.6) is 0 Å². The van der Waals surface area contributed by atoms with E-state index in [4.69, 9.17) is 5.84 Å². The van der Waals surface area contributed by atoms with E-state index in [9.17, 15) is 0 Å². The number of nitrogens with two attached hydrogens (primary N) is 1. The van der Waals surface area contributed by atoms with Crippen LogP contribution in [0.15, 0.2) is 5.38 Å². The Kier molecular flexibility index (Phi) is 6.61. The molecule has 4 heteroatoms. The highest BCUT2D eigenvalue weighted by molar-refractivity contribution is 7.09. The highest BCUT2D eigenvalue weighted by Gasteiger charge is 2.09. The van der Waals surface area contributed by atoms with E-state index in [0.717, 1.165) is 17.8 Å². The molecular weight excluding hydrogens is 218 g/mol. The summed E-state index contributed by atoms with van der Waals surface area (Å²) in [7, 11) is 0. The minimum absolute atomic E-state index is 0.373. The molecule has 0 spiro atoms. The Bertz CT molecular complexity index is 286. The van der Waals surface area contributed by atoms with Crippen LogP contribution in [-0.4, -0.2) is 11.0 Å². The first-order valence-electron chi connectivity index (χ1n) is 6.13. The van der Waals surface area contributed by atoms with Crippen molar-refractivity contribution in [2.75, 3.05) is 0 Å². The van der Waals surface area contributed by atoms with E-state index >= 15 is 0 Å². The molecule has 0 aliphatic rings. The van der Waals surface area contributed by atoms with Crippen molar-refractivity contribution in [2.24, 2.45) is 5.84 Å². The standard InChI is InChI=1S/C12H23N3S/c1-3-4-5-6-7-11(15-13)8-12-9-16-10(2)14-12/h9,11,15H,3-8,13H2,1-2H3. The molecule has 1 rings (SSSR count). The topological polar surface area (TPSA) is 50.9 Å². The summed E-state index contributed by atoms with van der Waals surface area (Å²) in [6, 6.07) is 0.373. The van der Waals surface area contributed by atoms with Crippen LogP contribution < -0.4 is 11.3 Å². The van der Waals surface area contributed by atoms with Gasteiger partial charge in [0.2, 0.25) is 0 Å². The highest BCUT2D eigenvalue weighted by Crippen LogP contribution is 2.13. The summed E-state index contributed by atoms with van der Waals surface area (Å²) in [5, 5.41) is 3.27. The van der Waals surface area contributed by atoms with E-state index < -0.39 is 0 Å². The van der Waals surface area contributed by atoms with E-state index in [2.05, 4.69) is 22.7 Å². The zero-order valence-electron chi connectivity index (χ0n) is 10.3. The second kappa shape index (κ2) is 7.76. The molecule has 0 saturated carbocycles. The molecule has 0 aliphatic heterocycles. The first-order chi connectivity index (χ1) is 7.76. The molecule has 1 aromatic rings. The van der Waals surface area contributed by atoms with Gasteiger partial charge in [-0.3, -0.25) is 11.3 Å². The molecule has 92 valence electrons. The van der Waals surface area contributed by atoms with Crippen LogP contribution in [-0.2, 0) is 6.42 Å². The first kappa shape index (κ1) is 13.6. The number of thiazole rings is 1. The SMILES string of the molecule is CCCCCCC(Cc1csc(C)n1)NN. The molecule has 1 aromatic heterocycles. The van der Waals surface area contributed by atoms with Gasteiger partial charge in [-0.25, -0.2) is 4.98 Å². The third-order valence-corrected chi connectivity index (χ3v) is 3.59. The quantitative estimate of drug-likeness (QED) is 0.418. The maximum absolute atomic E-state index is 5.57. The Morgan fingerprint density at radius 3 is 2.81 bits per heavy atom. The largest absolute Gasteiger partial charge is 0.271 e. The van der Waals surface area contributed by atoms with Crippen LogP contribution >= 0.6 is 11.3 Å². The summed E-state index contributed by atoms with van der Waals surface area (Å²) in [5.74, 6) is 5.57. The predicted molar refractivity (Wildman–Crippen MR) is 70.4 cm³/mol. The Hall–Kier alpha value is -0.450. The van der Waals surface area contributed by atoms with Gasteiger partial charge in [-0.15, -0.1) is 11.3 Å². The molecule has 1 unspecified atom stereocenters. The van der Waals surface area contributed by atoms with Crippen molar-refractivity contribution in [3.05, 3.63) is 16.1 Å². The van der Waals surface area contributed by atoms with Crippen LogP contribution in [0.25, 0.3) is 0 Å². The molecule has 0 aliphatic carbocycles. The fourth-order valence-corrected chi connectivity index (χ4v) is 2.44. The lowest BCUT2D eigenvalue weighted by molar-refractivity contribution is 0.460. The third kappa shape index (κ3) is 5.05. The van der Waals surface area contributed by atoms with Crippen LogP contribution in [0.4, 0.5) is 0 Å². The average molecular weight is 241 g/mol. The predicted octanol–water partition coefficient (Wildman–Crippen LogP) is 2.80. The molecule has 1 heterocycles. The highest BCUT2D eigenvalue weighted by atomic mass is 32.1. The van der Waals surface area contributed by atoms with E-state index in [1.807, 2.05) is 6.92 Å². The number of nitrogens with zero attached hydrogens (tertiary/aromatic N) is 1. The summed E-state index contributed by atoms with van der Waals surface area (Å²) in [4.78, 5) is 4.47. The van der Waals surface area contributed by atoms with E-state index in [0.29, 0.717) is 6.04 Å². The monoisotopic (exact) mass is 241 g/mol. The number of hydrogen-bond acceptors (Lipinski definition) is 4. The molecule has 0 amide bonds. The number of rotatable bonds is 8. The summed E-state index contributed by atoms with van der Waals surface area (Å²) in [6.07, 6.45) is 7.27. The second-order valence-electron chi connectivity index (χ2n) is 4.27. The molecule has 1 atom stereocenters. The van der Waals surface area contributed by atoms with Gasteiger partial charge in [-0.2, -0.15) is 0 Å². The lowest BCUT2D eigenvalue weighted by Gasteiger charge is -2.14. The van der Waals surface area contributed by atoms with Gasteiger partial charge in [0.1, 0.15) is 0 Å². The van der Waals surface area contributed by atoms with Crippen molar-refractivity contribution >= 4 is 11.3 Å². The number of aryl methyl sites for hydroxylation is 1. The summed E-state index contributed by atoms with van der Waals surface area (Å²) >= 11 is 1.71. The maximum atomic E-state index is 5.57. The van der Waals surface area contributed by atoms with Gasteiger partial charge in [0.15, 0.2) is 0 Å². The van der Waals surface area contributed by atoms with Crippen molar-refractivity contribution < 1.29 is 0 Å². The Labute approximate surface area is 102 Å². The van der Waals surface area contributed by atoms with Crippen molar-refractivity contribution in [3.8, 4) is 0 Å². The molecule has 16 heavy (non-hydrogen) atoms. The number of unbranched alkanes of at least 4 members (excludes halogenated alkanes) is 3. The Morgan fingerprint density at radius 1 is 1.44 bits per heavy atom. The molecule has 0 aromatic carbocycles. The van der Waals surface area contributed by atoms with Gasteiger partial charge in [-0.05, 0) is 13.3 Å². The summed E-state index contributed by atoms with van der Waals surface area (Å²) in [5.41, 5.74) is 4.07. The average Bonchev–Trinajstić information content (AvgIpc) is 2.68. The maximum Gasteiger partial charge on any atom is 0.0897 e. The molecule has 3 N–H and O–H groups in total. The molecule has 0 saturated heterocycles. The minimum atomic E-state index is 0.373. The number of nitrogens with one attached hydrogen (secondary N) is 1.